The first-order valence-corrected chi connectivity index (χ1v) is 9.76. The van der Waals surface area contributed by atoms with Crippen molar-refractivity contribution in [2.45, 2.75) is 6.92 Å². The molecule has 1 amide bonds. The minimum Gasteiger partial charge on any atom is -0.451 e. The van der Waals surface area contributed by atoms with Gasteiger partial charge in [0, 0.05) is 11.9 Å². The summed E-state index contributed by atoms with van der Waals surface area (Å²) >= 11 is 1.20. The molecule has 2 heterocycles. The van der Waals surface area contributed by atoms with Crippen molar-refractivity contribution in [1.82, 2.24) is 9.97 Å². The van der Waals surface area contributed by atoms with Gasteiger partial charge < -0.3 is 10.1 Å². The van der Waals surface area contributed by atoms with Gasteiger partial charge in [0.25, 0.3) is 5.91 Å². The second kappa shape index (κ2) is 8.20. The summed E-state index contributed by atoms with van der Waals surface area (Å²) < 4.78 is 5.18. The maximum Gasteiger partial charge on any atom is 0.350 e. The van der Waals surface area contributed by atoms with Crippen LogP contribution in [-0.4, -0.2) is 28.5 Å². The van der Waals surface area contributed by atoms with Gasteiger partial charge in [-0.1, -0.05) is 36.4 Å². The molecule has 29 heavy (non-hydrogen) atoms. The van der Waals surface area contributed by atoms with Crippen molar-refractivity contribution < 1.29 is 14.3 Å². The molecule has 0 radical (unpaired) electrons. The van der Waals surface area contributed by atoms with Gasteiger partial charge in [0.05, 0.1) is 11.4 Å². The minimum atomic E-state index is -0.573. The molecule has 7 heteroatoms. The third kappa shape index (κ3) is 4.30. The van der Waals surface area contributed by atoms with Gasteiger partial charge in [0.2, 0.25) is 0 Å². The van der Waals surface area contributed by atoms with Crippen LogP contribution < -0.4 is 5.32 Å². The van der Waals surface area contributed by atoms with E-state index in [0.717, 1.165) is 10.8 Å². The quantitative estimate of drug-likeness (QED) is 0.498. The van der Waals surface area contributed by atoms with Crippen molar-refractivity contribution in [1.29, 1.82) is 0 Å². The largest absolute Gasteiger partial charge is 0.451 e. The molecule has 0 spiro atoms. The van der Waals surface area contributed by atoms with Crippen molar-refractivity contribution in [2.75, 3.05) is 11.9 Å². The Kier molecular flexibility index (Phi) is 5.31. The number of amides is 1. The SMILES string of the molecule is Cc1nc(-c2ccccn2)sc1C(=O)OCC(=O)Nc1ccc2ccccc2c1. The van der Waals surface area contributed by atoms with E-state index in [2.05, 4.69) is 15.3 Å². The Hall–Kier alpha value is -3.58. The van der Waals surface area contributed by atoms with Crippen LogP contribution in [0.25, 0.3) is 21.5 Å². The third-order valence-electron chi connectivity index (χ3n) is 4.23. The lowest BCUT2D eigenvalue weighted by Crippen LogP contribution is -2.20. The van der Waals surface area contributed by atoms with Crippen molar-refractivity contribution in [3.05, 3.63) is 77.4 Å². The molecule has 0 aliphatic carbocycles. The van der Waals surface area contributed by atoms with Gasteiger partial charge in [0.1, 0.15) is 9.88 Å². The number of nitrogens with one attached hydrogen (secondary N) is 1. The van der Waals surface area contributed by atoms with Gasteiger partial charge in [-0.05, 0) is 42.0 Å². The van der Waals surface area contributed by atoms with Gasteiger partial charge >= 0.3 is 5.97 Å². The zero-order chi connectivity index (χ0) is 20.2. The normalized spacial score (nSPS) is 10.7. The van der Waals surface area contributed by atoms with E-state index in [1.807, 2.05) is 60.7 Å². The Morgan fingerprint density at radius 3 is 2.62 bits per heavy atom. The highest BCUT2D eigenvalue weighted by molar-refractivity contribution is 7.17. The molecular weight excluding hydrogens is 386 g/mol. The van der Waals surface area contributed by atoms with E-state index >= 15 is 0 Å². The van der Waals surface area contributed by atoms with Gasteiger partial charge in [-0.2, -0.15) is 0 Å². The summed E-state index contributed by atoms with van der Waals surface area (Å²) in [6.45, 7) is 1.36. The van der Waals surface area contributed by atoms with E-state index < -0.39 is 11.9 Å². The molecule has 0 aliphatic heterocycles. The maximum absolute atomic E-state index is 12.4. The summed E-state index contributed by atoms with van der Waals surface area (Å²) in [6.07, 6.45) is 1.67. The number of carbonyl (C=O) groups excluding carboxylic acids is 2. The highest BCUT2D eigenvalue weighted by Crippen LogP contribution is 2.27. The van der Waals surface area contributed by atoms with Crippen molar-refractivity contribution >= 4 is 39.7 Å². The molecule has 1 N–H and O–H groups in total. The second-order valence-corrected chi connectivity index (χ2v) is 7.33. The molecule has 4 rings (SSSR count). The van der Waals surface area contributed by atoms with E-state index in [1.54, 1.807) is 13.1 Å². The number of hydrogen-bond donors (Lipinski definition) is 1. The molecule has 144 valence electrons. The number of aryl methyl sites for hydroxylation is 1. The predicted molar refractivity (Wildman–Crippen MR) is 113 cm³/mol. The number of aromatic nitrogens is 2. The molecule has 0 saturated carbocycles. The molecule has 0 atom stereocenters. The van der Waals surface area contributed by atoms with Crippen LogP contribution in [-0.2, 0) is 9.53 Å². The Morgan fingerprint density at radius 2 is 1.83 bits per heavy atom. The van der Waals surface area contributed by atoms with Crippen molar-refractivity contribution in [3.63, 3.8) is 0 Å². The van der Waals surface area contributed by atoms with Gasteiger partial charge in [-0.15, -0.1) is 11.3 Å². The smallest absolute Gasteiger partial charge is 0.350 e. The van der Waals surface area contributed by atoms with Crippen LogP contribution in [0, 0.1) is 6.92 Å². The van der Waals surface area contributed by atoms with Crippen LogP contribution in [0.5, 0.6) is 0 Å². The van der Waals surface area contributed by atoms with Crippen LogP contribution in [0.4, 0.5) is 5.69 Å². The standard InChI is InChI=1S/C22H17N3O3S/c1-14-20(29-21(24-14)18-8-4-5-11-23-18)22(27)28-13-19(26)25-17-10-9-15-6-2-3-7-16(15)12-17/h2-12H,13H2,1H3,(H,25,26). The highest BCUT2D eigenvalue weighted by Gasteiger charge is 2.19. The summed E-state index contributed by atoms with van der Waals surface area (Å²) in [6, 6.07) is 19.0. The summed E-state index contributed by atoms with van der Waals surface area (Å²) in [7, 11) is 0. The zero-order valence-corrected chi connectivity index (χ0v) is 16.4. The number of esters is 1. The number of anilines is 1. The van der Waals surface area contributed by atoms with Crippen LogP contribution in [0.1, 0.15) is 15.4 Å². The van der Waals surface area contributed by atoms with Crippen LogP contribution in [0.3, 0.4) is 0 Å². The number of nitrogens with zero attached hydrogens (tertiary/aromatic N) is 2. The number of thiazole rings is 1. The lowest BCUT2D eigenvalue weighted by Gasteiger charge is -2.07. The Balaban J connectivity index is 1.39. The maximum atomic E-state index is 12.4. The first-order chi connectivity index (χ1) is 14.1. The molecule has 6 nitrogen and oxygen atoms in total. The molecule has 2 aromatic heterocycles. The van der Waals surface area contributed by atoms with E-state index in [1.165, 1.54) is 11.3 Å². The molecule has 0 aliphatic rings. The van der Waals surface area contributed by atoms with E-state index in [0.29, 0.717) is 27.0 Å². The summed E-state index contributed by atoms with van der Waals surface area (Å²) in [5.41, 5.74) is 1.89. The monoisotopic (exact) mass is 403 g/mol. The lowest BCUT2D eigenvalue weighted by atomic mass is 10.1. The number of carbonyl (C=O) groups is 2. The number of hydrogen-bond acceptors (Lipinski definition) is 6. The topological polar surface area (TPSA) is 81.2 Å². The fourth-order valence-electron chi connectivity index (χ4n) is 2.85. The first kappa shape index (κ1) is 18.8. The van der Waals surface area contributed by atoms with E-state index in [9.17, 15) is 9.59 Å². The average molecular weight is 403 g/mol. The predicted octanol–water partition coefficient (Wildman–Crippen LogP) is 4.46. The molecule has 0 bridgehead atoms. The minimum absolute atomic E-state index is 0.365. The summed E-state index contributed by atoms with van der Waals surface area (Å²) in [5, 5.41) is 5.49. The third-order valence-corrected chi connectivity index (χ3v) is 5.39. The molecule has 0 unspecified atom stereocenters. The number of ether oxygens (including phenoxy) is 1. The van der Waals surface area contributed by atoms with Crippen LogP contribution in [0.2, 0.25) is 0 Å². The molecule has 0 saturated heterocycles. The molecule has 4 aromatic rings. The fourth-order valence-corrected chi connectivity index (χ4v) is 3.78. The number of benzene rings is 2. The van der Waals surface area contributed by atoms with Crippen LogP contribution >= 0.6 is 11.3 Å². The van der Waals surface area contributed by atoms with Gasteiger partial charge in [0.15, 0.2) is 6.61 Å². The van der Waals surface area contributed by atoms with Gasteiger partial charge in [-0.25, -0.2) is 9.78 Å². The summed E-state index contributed by atoms with van der Waals surface area (Å²) in [5.74, 6) is -0.975. The zero-order valence-electron chi connectivity index (χ0n) is 15.6. The highest BCUT2D eigenvalue weighted by atomic mass is 32.1. The Morgan fingerprint density at radius 1 is 1.03 bits per heavy atom. The molecule has 0 fully saturated rings. The second-order valence-electron chi connectivity index (χ2n) is 6.33. The van der Waals surface area contributed by atoms with Crippen LogP contribution in [0.15, 0.2) is 66.9 Å². The first-order valence-electron chi connectivity index (χ1n) is 8.95. The molecule has 2 aromatic carbocycles. The Bertz CT molecular complexity index is 1190. The summed E-state index contributed by atoms with van der Waals surface area (Å²) in [4.78, 5) is 33.6. The number of rotatable bonds is 5. The van der Waals surface area contributed by atoms with E-state index in [-0.39, 0.29) is 6.61 Å². The fraction of sp³-hybridized carbons (Fsp3) is 0.0909. The molecular formula is C22H17N3O3S. The van der Waals surface area contributed by atoms with E-state index in [4.69, 9.17) is 4.74 Å². The number of fused-ring (bicyclic) bond motifs is 1. The van der Waals surface area contributed by atoms with Crippen molar-refractivity contribution in [3.8, 4) is 10.7 Å². The number of pyridine rings is 1. The Labute approximate surface area is 171 Å². The average Bonchev–Trinajstić information content (AvgIpc) is 3.14. The van der Waals surface area contributed by atoms with Crippen molar-refractivity contribution in [2.24, 2.45) is 0 Å². The van der Waals surface area contributed by atoms with Gasteiger partial charge in [-0.3, -0.25) is 9.78 Å². The lowest BCUT2D eigenvalue weighted by molar-refractivity contribution is -0.119.